The van der Waals surface area contributed by atoms with E-state index in [0.717, 1.165) is 31.3 Å². The number of nitrogens with zero attached hydrogens (tertiary/aromatic N) is 2. The third-order valence-corrected chi connectivity index (χ3v) is 2.16. The molecule has 1 rings (SSSR count). The van der Waals surface area contributed by atoms with Gasteiger partial charge in [-0.2, -0.15) is 0 Å². The molecule has 0 amide bonds. The van der Waals surface area contributed by atoms with Crippen molar-refractivity contribution in [1.82, 2.24) is 9.97 Å². The molecule has 0 unspecified atom stereocenters. The van der Waals surface area contributed by atoms with E-state index in [4.69, 9.17) is 9.47 Å². The number of aromatic nitrogens is 2. The normalized spacial score (nSPS) is 10.4. The molecule has 0 saturated carbocycles. The van der Waals surface area contributed by atoms with Gasteiger partial charge in [0.25, 0.3) is 0 Å². The third-order valence-electron chi connectivity index (χ3n) is 2.16. The van der Waals surface area contributed by atoms with Gasteiger partial charge in [0.15, 0.2) is 5.82 Å². The zero-order chi connectivity index (χ0) is 13.2. The van der Waals surface area contributed by atoms with E-state index in [0.29, 0.717) is 19.0 Å². The minimum atomic E-state index is 0.402. The second-order valence-corrected chi connectivity index (χ2v) is 3.64. The first-order valence-corrected chi connectivity index (χ1v) is 6.22. The van der Waals surface area contributed by atoms with Crippen molar-refractivity contribution in [2.24, 2.45) is 0 Å². The number of anilines is 2. The van der Waals surface area contributed by atoms with E-state index in [1.54, 1.807) is 7.11 Å². The molecule has 102 valence electrons. The monoisotopic (exact) mass is 254 g/mol. The summed E-state index contributed by atoms with van der Waals surface area (Å²) in [6.45, 7) is 7.34. The zero-order valence-corrected chi connectivity index (χ0v) is 11.3. The number of hydrogen-bond acceptors (Lipinski definition) is 6. The predicted octanol–water partition coefficient (Wildman–Crippen LogP) is 1.50. The average molecular weight is 254 g/mol. The quantitative estimate of drug-likeness (QED) is 0.651. The first-order valence-electron chi connectivity index (χ1n) is 6.22. The maximum atomic E-state index is 5.26. The van der Waals surface area contributed by atoms with Crippen molar-refractivity contribution < 1.29 is 9.47 Å². The Morgan fingerprint density at radius 3 is 2.50 bits per heavy atom. The van der Waals surface area contributed by atoms with Crippen LogP contribution >= 0.6 is 0 Å². The van der Waals surface area contributed by atoms with Gasteiger partial charge in [0.2, 0.25) is 0 Å². The predicted molar refractivity (Wildman–Crippen MR) is 71.9 cm³/mol. The van der Waals surface area contributed by atoms with Gasteiger partial charge in [0.1, 0.15) is 18.2 Å². The molecule has 0 fully saturated rings. The van der Waals surface area contributed by atoms with Gasteiger partial charge >= 0.3 is 0 Å². The molecule has 0 aromatic carbocycles. The van der Waals surface area contributed by atoms with Crippen LogP contribution in [0.15, 0.2) is 6.07 Å². The summed E-state index contributed by atoms with van der Waals surface area (Å²) >= 11 is 0. The average Bonchev–Trinajstić information content (AvgIpc) is 2.35. The van der Waals surface area contributed by atoms with Gasteiger partial charge in [-0.1, -0.05) is 0 Å². The molecule has 1 heterocycles. The van der Waals surface area contributed by atoms with Crippen molar-refractivity contribution in [2.45, 2.75) is 20.5 Å². The smallest absolute Gasteiger partial charge is 0.158 e. The summed E-state index contributed by atoms with van der Waals surface area (Å²) in [4.78, 5) is 8.70. The lowest BCUT2D eigenvalue weighted by Gasteiger charge is -2.10. The fourth-order valence-corrected chi connectivity index (χ4v) is 1.45. The van der Waals surface area contributed by atoms with Gasteiger partial charge in [-0.15, -0.1) is 0 Å². The summed E-state index contributed by atoms with van der Waals surface area (Å²) in [5.41, 5.74) is 0. The van der Waals surface area contributed by atoms with E-state index in [-0.39, 0.29) is 0 Å². The molecule has 0 radical (unpaired) electrons. The van der Waals surface area contributed by atoms with Gasteiger partial charge < -0.3 is 20.1 Å². The van der Waals surface area contributed by atoms with Crippen LogP contribution in [-0.2, 0) is 16.1 Å². The molecule has 2 N–H and O–H groups in total. The fraction of sp³-hybridized carbons (Fsp3) is 0.667. The van der Waals surface area contributed by atoms with Crippen LogP contribution in [0.5, 0.6) is 0 Å². The van der Waals surface area contributed by atoms with Crippen LogP contribution in [0.4, 0.5) is 11.6 Å². The zero-order valence-electron chi connectivity index (χ0n) is 11.3. The maximum absolute atomic E-state index is 5.26. The fourth-order valence-electron chi connectivity index (χ4n) is 1.45. The van der Waals surface area contributed by atoms with Crippen molar-refractivity contribution in [1.29, 1.82) is 0 Å². The molecule has 1 aromatic heterocycles. The Morgan fingerprint density at radius 1 is 1.17 bits per heavy atom. The van der Waals surface area contributed by atoms with E-state index in [2.05, 4.69) is 20.6 Å². The molecule has 1 aromatic rings. The van der Waals surface area contributed by atoms with Crippen LogP contribution in [0.25, 0.3) is 0 Å². The first-order chi connectivity index (χ1) is 8.80. The number of methoxy groups -OCH3 is 1. The number of rotatable bonds is 9. The molecular weight excluding hydrogens is 232 g/mol. The van der Waals surface area contributed by atoms with Crippen LogP contribution in [0.2, 0.25) is 0 Å². The van der Waals surface area contributed by atoms with E-state index >= 15 is 0 Å². The van der Waals surface area contributed by atoms with Gasteiger partial charge in [-0.25, -0.2) is 9.97 Å². The van der Waals surface area contributed by atoms with Crippen molar-refractivity contribution in [3.8, 4) is 0 Å². The number of ether oxygens (including phenoxy) is 2. The highest BCUT2D eigenvalue weighted by atomic mass is 16.5. The largest absolute Gasteiger partial charge is 0.380 e. The van der Waals surface area contributed by atoms with Gasteiger partial charge in [0, 0.05) is 32.9 Å². The van der Waals surface area contributed by atoms with Crippen LogP contribution in [0.1, 0.15) is 19.7 Å². The van der Waals surface area contributed by atoms with Crippen molar-refractivity contribution in [3.05, 3.63) is 11.9 Å². The highest BCUT2D eigenvalue weighted by molar-refractivity contribution is 5.47. The summed E-state index contributed by atoms with van der Waals surface area (Å²) in [6, 6.07) is 1.88. The van der Waals surface area contributed by atoms with E-state index in [1.807, 2.05) is 19.9 Å². The Labute approximate surface area is 108 Å². The summed E-state index contributed by atoms with van der Waals surface area (Å²) < 4.78 is 10.3. The summed E-state index contributed by atoms with van der Waals surface area (Å²) in [7, 11) is 1.63. The Balaban J connectivity index is 2.63. The van der Waals surface area contributed by atoms with E-state index in [9.17, 15) is 0 Å². The molecule has 6 heteroatoms. The molecule has 0 aliphatic carbocycles. The second-order valence-electron chi connectivity index (χ2n) is 3.64. The second kappa shape index (κ2) is 8.66. The molecule has 0 aliphatic heterocycles. The Kier molecular flexibility index (Phi) is 7.05. The molecular formula is C12H22N4O2. The standard InChI is InChI=1S/C12H22N4O2/c1-4-13-10-8-11(14-6-7-18-5-2)16-12(15-10)9-17-3/h8H,4-7,9H2,1-3H3,(H2,13,14,15,16). The van der Waals surface area contributed by atoms with Crippen molar-refractivity contribution in [2.75, 3.05) is 44.0 Å². The van der Waals surface area contributed by atoms with Crippen molar-refractivity contribution >= 4 is 11.6 Å². The Hall–Kier alpha value is -1.40. The molecule has 0 atom stereocenters. The number of nitrogens with one attached hydrogen (secondary N) is 2. The molecule has 0 saturated heterocycles. The lowest BCUT2D eigenvalue weighted by Crippen LogP contribution is -2.12. The van der Waals surface area contributed by atoms with Crippen LogP contribution < -0.4 is 10.6 Å². The Bertz CT molecular complexity index is 323. The van der Waals surface area contributed by atoms with Gasteiger partial charge in [0.05, 0.1) is 6.61 Å². The molecule has 0 aliphatic rings. The minimum absolute atomic E-state index is 0.402. The Morgan fingerprint density at radius 2 is 1.89 bits per heavy atom. The van der Waals surface area contributed by atoms with Crippen LogP contribution in [-0.4, -0.2) is 43.4 Å². The third kappa shape index (κ3) is 5.29. The molecule has 6 nitrogen and oxygen atoms in total. The van der Waals surface area contributed by atoms with Gasteiger partial charge in [-0.05, 0) is 13.8 Å². The summed E-state index contributed by atoms with van der Waals surface area (Å²) in [6.07, 6.45) is 0. The topological polar surface area (TPSA) is 68.3 Å². The molecule has 18 heavy (non-hydrogen) atoms. The van der Waals surface area contributed by atoms with Crippen LogP contribution in [0.3, 0.4) is 0 Å². The minimum Gasteiger partial charge on any atom is -0.380 e. The highest BCUT2D eigenvalue weighted by Gasteiger charge is 2.03. The first kappa shape index (κ1) is 14.7. The lowest BCUT2D eigenvalue weighted by atomic mass is 10.4. The van der Waals surface area contributed by atoms with Gasteiger partial charge in [-0.3, -0.25) is 0 Å². The molecule has 0 bridgehead atoms. The maximum Gasteiger partial charge on any atom is 0.158 e. The van der Waals surface area contributed by atoms with Crippen molar-refractivity contribution in [3.63, 3.8) is 0 Å². The summed E-state index contributed by atoms with van der Waals surface area (Å²) in [5, 5.41) is 6.38. The van der Waals surface area contributed by atoms with E-state index < -0.39 is 0 Å². The molecule has 0 spiro atoms. The summed E-state index contributed by atoms with van der Waals surface area (Å²) in [5.74, 6) is 2.25. The highest BCUT2D eigenvalue weighted by Crippen LogP contribution is 2.11. The SMILES string of the molecule is CCNc1cc(NCCOCC)nc(COC)n1. The van der Waals surface area contributed by atoms with Crippen LogP contribution in [0, 0.1) is 0 Å². The van der Waals surface area contributed by atoms with E-state index in [1.165, 1.54) is 0 Å². The number of hydrogen-bond donors (Lipinski definition) is 2. The lowest BCUT2D eigenvalue weighted by molar-refractivity contribution is 0.158.